The first kappa shape index (κ1) is 15.3. The van der Waals surface area contributed by atoms with E-state index in [1.165, 1.54) is 19.3 Å². The third kappa shape index (κ3) is 2.57. The number of aromatic amines is 1. The van der Waals surface area contributed by atoms with E-state index in [0.717, 1.165) is 30.4 Å². The Morgan fingerprint density at radius 1 is 1.18 bits per heavy atom. The lowest BCUT2D eigenvalue weighted by Crippen LogP contribution is -2.37. The molecule has 3 heterocycles. The number of aromatic nitrogens is 2. The first-order valence-electron chi connectivity index (χ1n) is 8.46. The van der Waals surface area contributed by atoms with E-state index >= 15 is 0 Å². The summed E-state index contributed by atoms with van der Waals surface area (Å²) in [5, 5.41) is 0. The molecule has 1 saturated heterocycles. The lowest BCUT2D eigenvalue weighted by atomic mass is 9.87. The highest BCUT2D eigenvalue weighted by molar-refractivity contribution is 6.03. The van der Waals surface area contributed by atoms with E-state index in [9.17, 15) is 4.79 Å². The number of aliphatic imine (C=N–C) groups is 1. The van der Waals surface area contributed by atoms with Crippen molar-refractivity contribution in [3.63, 3.8) is 0 Å². The zero-order chi connectivity index (χ0) is 15.9. The molecule has 1 aromatic rings. The predicted molar refractivity (Wildman–Crippen MR) is 90.2 cm³/mol. The Kier molecular flexibility index (Phi) is 4.06. The molecular formula is C17H26N4O. The average Bonchev–Trinajstić information content (AvgIpc) is 2.51. The van der Waals surface area contributed by atoms with Crippen LogP contribution in [0.4, 0.5) is 5.95 Å². The van der Waals surface area contributed by atoms with Crippen LogP contribution in [0, 0.1) is 5.92 Å². The molecule has 0 bridgehead atoms. The molecule has 0 radical (unpaired) electrons. The molecule has 1 aromatic heterocycles. The van der Waals surface area contributed by atoms with Crippen molar-refractivity contribution < 1.29 is 0 Å². The van der Waals surface area contributed by atoms with Crippen LogP contribution in [0.15, 0.2) is 9.79 Å². The van der Waals surface area contributed by atoms with Crippen molar-refractivity contribution in [2.45, 2.75) is 58.9 Å². The van der Waals surface area contributed by atoms with Crippen LogP contribution in [-0.4, -0.2) is 34.8 Å². The van der Waals surface area contributed by atoms with Crippen molar-refractivity contribution in [1.82, 2.24) is 9.97 Å². The minimum atomic E-state index is -0.0308. The molecule has 2 unspecified atom stereocenters. The molecule has 0 saturated carbocycles. The number of rotatable bonds is 2. The minimum absolute atomic E-state index is 0.0308. The van der Waals surface area contributed by atoms with Gasteiger partial charge in [0.2, 0.25) is 5.95 Å². The highest BCUT2D eigenvalue weighted by atomic mass is 16.1. The van der Waals surface area contributed by atoms with E-state index in [2.05, 4.69) is 37.6 Å². The first-order valence-corrected chi connectivity index (χ1v) is 8.46. The number of hydrogen-bond acceptors (Lipinski definition) is 4. The van der Waals surface area contributed by atoms with Gasteiger partial charge in [0, 0.05) is 19.0 Å². The predicted octanol–water partition coefficient (Wildman–Crippen LogP) is 2.71. The molecule has 0 amide bonds. The van der Waals surface area contributed by atoms with Gasteiger partial charge in [0.1, 0.15) is 0 Å². The van der Waals surface area contributed by atoms with Crippen LogP contribution in [0.1, 0.15) is 64.1 Å². The summed E-state index contributed by atoms with van der Waals surface area (Å²) in [4.78, 5) is 27.5. The molecule has 0 aliphatic carbocycles. The van der Waals surface area contributed by atoms with Gasteiger partial charge in [0.25, 0.3) is 5.56 Å². The van der Waals surface area contributed by atoms with Crippen molar-refractivity contribution in [3.8, 4) is 0 Å². The summed E-state index contributed by atoms with van der Waals surface area (Å²) in [6, 6.07) is 0.174. The molecule has 5 heteroatoms. The zero-order valence-corrected chi connectivity index (χ0v) is 14.0. The Labute approximate surface area is 131 Å². The molecule has 120 valence electrons. The Morgan fingerprint density at radius 2 is 1.86 bits per heavy atom. The van der Waals surface area contributed by atoms with Gasteiger partial charge < -0.3 is 4.90 Å². The average molecular weight is 302 g/mol. The molecule has 1 N–H and O–H groups in total. The standard InChI is InChI=1S/C17H26N4O/c1-10(2)14-13-15(11(3)12(4)18-14)19-17(20-16(13)22)21-8-6-5-7-9-21/h10-12H,5-9H2,1-4H3,(H,19,20,22). The molecule has 2 atom stereocenters. The van der Waals surface area contributed by atoms with Gasteiger partial charge in [-0.3, -0.25) is 14.8 Å². The van der Waals surface area contributed by atoms with Crippen molar-refractivity contribution in [1.29, 1.82) is 0 Å². The van der Waals surface area contributed by atoms with E-state index < -0.39 is 0 Å². The van der Waals surface area contributed by atoms with E-state index in [0.29, 0.717) is 5.56 Å². The smallest absolute Gasteiger partial charge is 0.261 e. The van der Waals surface area contributed by atoms with Gasteiger partial charge >= 0.3 is 0 Å². The summed E-state index contributed by atoms with van der Waals surface area (Å²) in [7, 11) is 0. The lowest BCUT2D eigenvalue weighted by Gasteiger charge is -2.31. The maximum Gasteiger partial charge on any atom is 0.261 e. The zero-order valence-electron chi connectivity index (χ0n) is 14.0. The van der Waals surface area contributed by atoms with Crippen molar-refractivity contribution in [3.05, 3.63) is 21.6 Å². The Morgan fingerprint density at radius 3 is 2.50 bits per heavy atom. The number of H-pyrrole nitrogens is 1. The Balaban J connectivity index is 2.09. The number of nitrogens with zero attached hydrogens (tertiary/aromatic N) is 3. The van der Waals surface area contributed by atoms with Gasteiger partial charge in [-0.05, 0) is 32.1 Å². The first-order chi connectivity index (χ1) is 10.5. The van der Waals surface area contributed by atoms with Crippen molar-refractivity contribution >= 4 is 11.7 Å². The van der Waals surface area contributed by atoms with Crippen molar-refractivity contribution in [2.75, 3.05) is 18.0 Å². The van der Waals surface area contributed by atoms with Gasteiger partial charge in [0.05, 0.1) is 23.0 Å². The summed E-state index contributed by atoms with van der Waals surface area (Å²) in [5.74, 6) is 1.16. The molecule has 2 aliphatic rings. The number of anilines is 1. The van der Waals surface area contributed by atoms with E-state index in [-0.39, 0.29) is 23.4 Å². The minimum Gasteiger partial charge on any atom is -0.342 e. The second kappa shape index (κ2) is 5.86. The fraction of sp³-hybridized carbons (Fsp3) is 0.706. The van der Waals surface area contributed by atoms with E-state index in [1.54, 1.807) is 0 Å². The third-order valence-corrected chi connectivity index (χ3v) is 4.89. The molecule has 1 fully saturated rings. The molecule has 3 rings (SSSR count). The van der Waals surface area contributed by atoms with E-state index in [4.69, 9.17) is 9.98 Å². The summed E-state index contributed by atoms with van der Waals surface area (Å²) < 4.78 is 0. The van der Waals surface area contributed by atoms with Crippen LogP contribution in [-0.2, 0) is 0 Å². The van der Waals surface area contributed by atoms with Crippen LogP contribution < -0.4 is 10.5 Å². The maximum absolute atomic E-state index is 12.7. The van der Waals surface area contributed by atoms with Crippen LogP contribution in [0.25, 0.3) is 0 Å². The topological polar surface area (TPSA) is 61.4 Å². The SMILES string of the molecule is CC(C)C1=NC(C)C(C)c2nc(N3CCCCC3)[nH]c(=O)c21. The van der Waals surface area contributed by atoms with Crippen LogP contribution in [0.5, 0.6) is 0 Å². The molecule has 0 spiro atoms. The van der Waals surface area contributed by atoms with Crippen LogP contribution >= 0.6 is 0 Å². The molecule has 2 aliphatic heterocycles. The van der Waals surface area contributed by atoms with Gasteiger partial charge in [0.15, 0.2) is 0 Å². The summed E-state index contributed by atoms with van der Waals surface area (Å²) in [6.07, 6.45) is 3.61. The Bertz CT molecular complexity index is 641. The maximum atomic E-state index is 12.7. The lowest BCUT2D eigenvalue weighted by molar-refractivity contribution is 0.553. The normalized spacial score (nSPS) is 25.1. The molecular weight excluding hydrogens is 276 g/mol. The van der Waals surface area contributed by atoms with Crippen molar-refractivity contribution in [2.24, 2.45) is 10.9 Å². The van der Waals surface area contributed by atoms with Crippen LogP contribution in [0.3, 0.4) is 0 Å². The fourth-order valence-corrected chi connectivity index (χ4v) is 3.37. The highest BCUT2D eigenvalue weighted by Gasteiger charge is 2.31. The van der Waals surface area contributed by atoms with Gasteiger partial charge in [-0.25, -0.2) is 4.98 Å². The number of nitrogens with one attached hydrogen (secondary N) is 1. The second-order valence-corrected chi connectivity index (χ2v) is 6.90. The number of hydrogen-bond donors (Lipinski definition) is 1. The molecule has 5 nitrogen and oxygen atoms in total. The third-order valence-electron chi connectivity index (χ3n) is 4.89. The molecule has 0 aromatic carbocycles. The summed E-state index contributed by atoms with van der Waals surface area (Å²) in [5.41, 5.74) is 2.51. The largest absolute Gasteiger partial charge is 0.342 e. The van der Waals surface area contributed by atoms with Gasteiger partial charge in [-0.15, -0.1) is 0 Å². The van der Waals surface area contributed by atoms with Crippen LogP contribution in [0.2, 0.25) is 0 Å². The monoisotopic (exact) mass is 302 g/mol. The fourth-order valence-electron chi connectivity index (χ4n) is 3.37. The summed E-state index contributed by atoms with van der Waals surface area (Å²) in [6.45, 7) is 10.4. The van der Waals surface area contributed by atoms with Gasteiger partial charge in [-0.1, -0.05) is 20.8 Å². The second-order valence-electron chi connectivity index (χ2n) is 6.90. The summed E-state index contributed by atoms with van der Waals surface area (Å²) >= 11 is 0. The number of piperidine rings is 1. The Hall–Kier alpha value is -1.65. The molecule has 22 heavy (non-hydrogen) atoms. The number of fused-ring (bicyclic) bond motifs is 1. The quantitative estimate of drug-likeness (QED) is 0.913. The highest BCUT2D eigenvalue weighted by Crippen LogP contribution is 2.30. The van der Waals surface area contributed by atoms with E-state index in [1.807, 2.05) is 0 Å². The van der Waals surface area contributed by atoms with Gasteiger partial charge in [-0.2, -0.15) is 0 Å².